The normalized spacial score (nSPS) is 17.7. The molecule has 4 rings (SSSR count). The summed E-state index contributed by atoms with van der Waals surface area (Å²) in [4.78, 5) is 13.6. The van der Waals surface area contributed by atoms with Gasteiger partial charge in [0.2, 0.25) is 5.95 Å². The number of halogens is 1. The Morgan fingerprint density at radius 2 is 1.84 bits per heavy atom. The molecule has 0 bridgehead atoms. The topological polar surface area (TPSA) is 70.3 Å². The number of nitrogens with two attached hydrogens (primary N) is 1. The van der Waals surface area contributed by atoms with Crippen molar-refractivity contribution in [2.75, 3.05) is 50.4 Å². The van der Waals surface area contributed by atoms with Crippen LogP contribution in [0, 0.1) is 0 Å². The maximum Gasteiger partial charge on any atom is 0.222 e. The summed E-state index contributed by atoms with van der Waals surface area (Å²) in [5.74, 6) is 1.28. The fourth-order valence-corrected chi connectivity index (χ4v) is 3.44. The number of hydrogen-bond donors (Lipinski definition) is 2. The molecule has 1 aromatic heterocycles. The SMILES string of the molecule is CN1CCN(c2cc(-c3ccc4c(c3)CNCC4)nc(N)n2)CC1.Cl. The zero-order valence-electron chi connectivity index (χ0n) is 14.5. The summed E-state index contributed by atoms with van der Waals surface area (Å²) in [7, 11) is 2.15. The number of rotatable bonds is 2. The lowest BCUT2D eigenvalue weighted by atomic mass is 9.97. The predicted molar refractivity (Wildman–Crippen MR) is 104 cm³/mol. The van der Waals surface area contributed by atoms with E-state index in [4.69, 9.17) is 5.73 Å². The lowest BCUT2D eigenvalue weighted by molar-refractivity contribution is 0.312. The largest absolute Gasteiger partial charge is 0.368 e. The van der Waals surface area contributed by atoms with Gasteiger partial charge in [0, 0.05) is 44.4 Å². The molecule has 134 valence electrons. The Labute approximate surface area is 154 Å². The minimum Gasteiger partial charge on any atom is -0.368 e. The third kappa shape index (κ3) is 3.86. The molecule has 0 atom stereocenters. The second-order valence-corrected chi connectivity index (χ2v) is 6.67. The van der Waals surface area contributed by atoms with Crippen LogP contribution in [-0.4, -0.2) is 54.6 Å². The van der Waals surface area contributed by atoms with E-state index >= 15 is 0 Å². The fraction of sp³-hybridized carbons (Fsp3) is 0.444. The summed E-state index contributed by atoms with van der Waals surface area (Å²) in [5, 5.41) is 3.43. The number of nitrogen functional groups attached to an aromatic ring is 1. The highest BCUT2D eigenvalue weighted by atomic mass is 35.5. The first-order valence-electron chi connectivity index (χ1n) is 8.60. The van der Waals surface area contributed by atoms with Crippen molar-refractivity contribution in [3.8, 4) is 11.3 Å². The first kappa shape index (κ1) is 17.9. The van der Waals surface area contributed by atoms with Gasteiger partial charge in [-0.25, -0.2) is 4.98 Å². The second kappa shape index (κ2) is 7.56. The summed E-state index contributed by atoms with van der Waals surface area (Å²) < 4.78 is 0. The van der Waals surface area contributed by atoms with Gasteiger partial charge in [-0.1, -0.05) is 12.1 Å². The molecule has 1 aromatic carbocycles. The van der Waals surface area contributed by atoms with Crippen molar-refractivity contribution < 1.29 is 0 Å². The second-order valence-electron chi connectivity index (χ2n) is 6.67. The molecule has 0 spiro atoms. The van der Waals surface area contributed by atoms with Crippen molar-refractivity contribution in [3.63, 3.8) is 0 Å². The maximum absolute atomic E-state index is 6.00. The molecule has 3 N–H and O–H groups in total. The zero-order chi connectivity index (χ0) is 16.5. The predicted octanol–water partition coefficient (Wildman–Crippen LogP) is 1.55. The van der Waals surface area contributed by atoms with Crippen LogP contribution < -0.4 is 16.0 Å². The van der Waals surface area contributed by atoms with Crippen LogP contribution in [0.5, 0.6) is 0 Å². The van der Waals surface area contributed by atoms with Crippen LogP contribution in [0.25, 0.3) is 11.3 Å². The number of benzene rings is 1. The summed E-state index contributed by atoms with van der Waals surface area (Å²) in [6, 6.07) is 8.68. The summed E-state index contributed by atoms with van der Waals surface area (Å²) in [5.41, 5.74) is 10.8. The van der Waals surface area contributed by atoms with Gasteiger partial charge in [-0.3, -0.25) is 0 Å². The number of hydrogen-bond acceptors (Lipinski definition) is 6. The monoisotopic (exact) mass is 360 g/mol. The number of piperazine rings is 1. The van der Waals surface area contributed by atoms with E-state index in [1.165, 1.54) is 11.1 Å². The molecule has 2 aromatic rings. The van der Waals surface area contributed by atoms with Crippen LogP contribution in [0.4, 0.5) is 11.8 Å². The average Bonchev–Trinajstić information content (AvgIpc) is 2.61. The van der Waals surface area contributed by atoms with Crippen LogP contribution in [0.15, 0.2) is 24.3 Å². The molecule has 0 amide bonds. The van der Waals surface area contributed by atoms with Gasteiger partial charge in [-0.15, -0.1) is 12.4 Å². The molecule has 25 heavy (non-hydrogen) atoms. The molecular formula is C18H25ClN6. The highest BCUT2D eigenvalue weighted by molar-refractivity contribution is 5.85. The molecule has 2 aliphatic rings. The van der Waals surface area contributed by atoms with Crippen molar-refractivity contribution in [1.29, 1.82) is 0 Å². The maximum atomic E-state index is 6.00. The number of fused-ring (bicyclic) bond motifs is 1. The van der Waals surface area contributed by atoms with Gasteiger partial charge in [0.1, 0.15) is 5.82 Å². The molecule has 0 saturated carbocycles. The molecule has 6 nitrogen and oxygen atoms in total. The fourth-order valence-electron chi connectivity index (χ4n) is 3.44. The van der Waals surface area contributed by atoms with Crippen LogP contribution >= 0.6 is 12.4 Å². The molecule has 3 heterocycles. The Bertz CT molecular complexity index is 742. The van der Waals surface area contributed by atoms with Gasteiger partial charge >= 0.3 is 0 Å². The third-order valence-corrected chi connectivity index (χ3v) is 4.95. The minimum absolute atomic E-state index is 0. The van der Waals surface area contributed by atoms with Crippen LogP contribution in [0.1, 0.15) is 11.1 Å². The quantitative estimate of drug-likeness (QED) is 0.846. The van der Waals surface area contributed by atoms with Crippen molar-refractivity contribution in [1.82, 2.24) is 20.2 Å². The Morgan fingerprint density at radius 1 is 1.04 bits per heavy atom. The summed E-state index contributed by atoms with van der Waals surface area (Å²) in [6.45, 7) is 6.02. The average molecular weight is 361 g/mol. The van der Waals surface area contributed by atoms with Crippen molar-refractivity contribution in [3.05, 3.63) is 35.4 Å². The van der Waals surface area contributed by atoms with Crippen molar-refractivity contribution >= 4 is 24.2 Å². The number of anilines is 2. The Kier molecular flexibility index (Phi) is 5.42. The van der Waals surface area contributed by atoms with Gasteiger partial charge in [-0.2, -0.15) is 4.98 Å². The zero-order valence-corrected chi connectivity index (χ0v) is 15.4. The summed E-state index contributed by atoms with van der Waals surface area (Å²) >= 11 is 0. The molecule has 1 fully saturated rings. The number of nitrogens with one attached hydrogen (secondary N) is 1. The van der Waals surface area contributed by atoms with E-state index in [1.807, 2.05) is 0 Å². The van der Waals surface area contributed by atoms with Crippen LogP contribution in [-0.2, 0) is 13.0 Å². The van der Waals surface area contributed by atoms with E-state index in [9.17, 15) is 0 Å². The van der Waals surface area contributed by atoms with Gasteiger partial charge in [0.25, 0.3) is 0 Å². The molecule has 7 heteroatoms. The number of likely N-dealkylation sites (N-methyl/N-ethyl adjacent to an activating group) is 1. The highest BCUT2D eigenvalue weighted by Gasteiger charge is 2.17. The van der Waals surface area contributed by atoms with Crippen LogP contribution in [0.2, 0.25) is 0 Å². The Hall–Kier alpha value is -1.89. The Morgan fingerprint density at radius 3 is 2.64 bits per heavy atom. The van der Waals surface area contributed by atoms with E-state index in [1.54, 1.807) is 0 Å². The minimum atomic E-state index is 0. The summed E-state index contributed by atoms with van der Waals surface area (Å²) in [6.07, 6.45) is 1.09. The molecular weight excluding hydrogens is 336 g/mol. The van der Waals surface area contributed by atoms with Gasteiger partial charge < -0.3 is 20.9 Å². The Balaban J connectivity index is 0.00000182. The van der Waals surface area contributed by atoms with Gasteiger partial charge in [0.15, 0.2) is 0 Å². The van der Waals surface area contributed by atoms with E-state index in [0.717, 1.165) is 62.8 Å². The number of nitrogens with zero attached hydrogens (tertiary/aromatic N) is 4. The molecule has 0 unspecified atom stereocenters. The molecule has 0 radical (unpaired) electrons. The lowest BCUT2D eigenvalue weighted by Crippen LogP contribution is -2.44. The first-order chi connectivity index (χ1) is 11.7. The van der Waals surface area contributed by atoms with E-state index in [2.05, 4.69) is 56.4 Å². The third-order valence-electron chi connectivity index (χ3n) is 4.95. The molecule has 2 aliphatic heterocycles. The van der Waals surface area contributed by atoms with E-state index < -0.39 is 0 Å². The standard InChI is InChI=1S/C18H24N6.ClH/c1-23-6-8-24(9-7-23)17-11-16(21-18(19)22-17)14-3-2-13-4-5-20-12-15(13)10-14;/h2-3,10-11,20H,4-9,12H2,1H3,(H2,19,21,22);1H. The van der Waals surface area contributed by atoms with Crippen molar-refractivity contribution in [2.24, 2.45) is 0 Å². The number of aromatic nitrogens is 2. The van der Waals surface area contributed by atoms with Crippen LogP contribution in [0.3, 0.4) is 0 Å². The molecule has 0 aliphatic carbocycles. The molecule has 1 saturated heterocycles. The van der Waals surface area contributed by atoms with Crippen molar-refractivity contribution in [2.45, 2.75) is 13.0 Å². The highest BCUT2D eigenvalue weighted by Crippen LogP contribution is 2.26. The van der Waals surface area contributed by atoms with E-state index in [0.29, 0.717) is 5.95 Å². The lowest BCUT2D eigenvalue weighted by Gasteiger charge is -2.33. The smallest absolute Gasteiger partial charge is 0.222 e. The van der Waals surface area contributed by atoms with Gasteiger partial charge in [-0.05, 0) is 37.2 Å². The first-order valence-corrected chi connectivity index (χ1v) is 8.60. The van der Waals surface area contributed by atoms with Gasteiger partial charge in [0.05, 0.1) is 5.69 Å². The van der Waals surface area contributed by atoms with E-state index in [-0.39, 0.29) is 12.4 Å².